The first-order valence-corrected chi connectivity index (χ1v) is 4.84. The van der Waals surface area contributed by atoms with Gasteiger partial charge in [-0.15, -0.1) is 5.10 Å². The molecule has 1 heterocycles. The van der Waals surface area contributed by atoms with Crippen LogP contribution >= 0.6 is 11.6 Å². The normalized spacial score (nSPS) is 14.1. The minimum atomic E-state index is -0.0106. The van der Waals surface area contributed by atoms with Crippen LogP contribution in [0.3, 0.4) is 0 Å². The molecule has 0 saturated heterocycles. The molecular weight excluding hydrogens is 214 g/mol. The summed E-state index contributed by atoms with van der Waals surface area (Å²) in [5.41, 5.74) is 1.29. The minimum absolute atomic E-state index is 0.0106. The predicted octanol–water partition coefficient (Wildman–Crippen LogP) is 2.73. The number of carbonyl (C=O) groups is 1. The first-order chi connectivity index (χ1) is 7.25. The van der Waals surface area contributed by atoms with Gasteiger partial charge in [-0.25, -0.2) is 0 Å². The van der Waals surface area contributed by atoms with Gasteiger partial charge in [-0.05, 0) is 17.4 Å². The largest absolute Gasteiger partial charge is 0.294 e. The first-order valence-electron chi connectivity index (χ1n) is 4.46. The number of Topliss-reactive ketones (excluding diaryl/α,β-unsaturated/α-hetero) is 1. The smallest absolute Gasteiger partial charge is 0.168 e. The second-order valence-electron chi connectivity index (χ2n) is 3.17. The number of rotatable bonds is 3. The summed E-state index contributed by atoms with van der Waals surface area (Å²) >= 11 is 5.79. The maximum absolute atomic E-state index is 11.7. The summed E-state index contributed by atoms with van der Waals surface area (Å²) in [6, 6.07) is 6.86. The molecule has 2 rings (SSSR count). The number of benzene rings is 1. The van der Waals surface area contributed by atoms with E-state index < -0.39 is 0 Å². The Morgan fingerprint density at radius 2 is 2.33 bits per heavy atom. The third-order valence-electron chi connectivity index (χ3n) is 2.01. The molecule has 0 atom stereocenters. The molecule has 0 spiro atoms. The molecule has 0 N–H and O–H groups in total. The molecule has 0 fully saturated rings. The summed E-state index contributed by atoms with van der Waals surface area (Å²) in [5.74, 6) is -0.0106. The third kappa shape index (κ3) is 2.47. The molecule has 76 valence electrons. The Hall–Kier alpha value is -1.55. The van der Waals surface area contributed by atoms with Crippen molar-refractivity contribution in [1.82, 2.24) is 0 Å². The van der Waals surface area contributed by atoms with Gasteiger partial charge in [0, 0.05) is 10.6 Å². The van der Waals surface area contributed by atoms with Crippen LogP contribution in [0.2, 0.25) is 5.02 Å². The Morgan fingerprint density at radius 3 is 3.00 bits per heavy atom. The zero-order valence-corrected chi connectivity index (χ0v) is 8.61. The Kier molecular flexibility index (Phi) is 2.87. The zero-order valence-electron chi connectivity index (χ0n) is 7.85. The number of hydrogen-bond donors (Lipinski definition) is 0. The average molecular weight is 222 g/mol. The quantitative estimate of drug-likeness (QED) is 0.724. The van der Waals surface area contributed by atoms with Crippen molar-refractivity contribution >= 4 is 23.1 Å². The summed E-state index contributed by atoms with van der Waals surface area (Å²) in [6.45, 7) is 0.423. The van der Waals surface area contributed by atoms with Gasteiger partial charge in [0.05, 0.1) is 12.1 Å². The third-order valence-corrected chi connectivity index (χ3v) is 2.25. The van der Waals surface area contributed by atoms with Crippen LogP contribution in [0.5, 0.6) is 0 Å². The monoisotopic (exact) mass is 221 g/mol. The van der Waals surface area contributed by atoms with Crippen molar-refractivity contribution in [2.45, 2.75) is 6.42 Å². The fourth-order valence-corrected chi connectivity index (χ4v) is 1.47. The maximum Gasteiger partial charge on any atom is 0.168 e. The van der Waals surface area contributed by atoms with Crippen LogP contribution in [0, 0.1) is 0 Å². The van der Waals surface area contributed by atoms with Crippen molar-refractivity contribution in [2.75, 3.05) is 6.54 Å². The Labute approximate surface area is 91.7 Å². The van der Waals surface area contributed by atoms with E-state index in [1.54, 1.807) is 24.3 Å². The van der Waals surface area contributed by atoms with Gasteiger partial charge in [0.25, 0.3) is 0 Å². The SMILES string of the molecule is O=C(CC1=NN=NC1)c1cccc(Cl)c1. The molecule has 0 unspecified atom stereocenters. The molecule has 15 heavy (non-hydrogen) atoms. The summed E-state index contributed by atoms with van der Waals surface area (Å²) in [5, 5.41) is 11.4. The standard InChI is InChI=1S/C10H8ClN3O/c11-8-3-1-2-7(4-8)10(15)5-9-6-12-14-13-9/h1-4H,5-6H2. The zero-order chi connectivity index (χ0) is 10.7. The predicted molar refractivity (Wildman–Crippen MR) is 57.6 cm³/mol. The van der Waals surface area contributed by atoms with E-state index in [-0.39, 0.29) is 12.2 Å². The Bertz CT molecular complexity index is 454. The lowest BCUT2D eigenvalue weighted by atomic mass is 10.1. The molecule has 1 aliphatic rings. The van der Waals surface area contributed by atoms with Gasteiger partial charge in [-0.1, -0.05) is 23.7 Å². The summed E-state index contributed by atoms with van der Waals surface area (Å²) in [4.78, 5) is 11.7. The number of ketones is 1. The molecule has 4 nitrogen and oxygen atoms in total. The highest BCUT2D eigenvalue weighted by atomic mass is 35.5. The van der Waals surface area contributed by atoms with E-state index in [4.69, 9.17) is 11.6 Å². The van der Waals surface area contributed by atoms with Gasteiger partial charge in [0.2, 0.25) is 0 Å². The van der Waals surface area contributed by atoms with Crippen LogP contribution in [-0.4, -0.2) is 18.0 Å². The number of halogens is 1. The van der Waals surface area contributed by atoms with Crippen molar-refractivity contribution in [3.8, 4) is 0 Å². The Morgan fingerprint density at radius 1 is 1.47 bits per heavy atom. The molecule has 0 bridgehead atoms. The van der Waals surface area contributed by atoms with E-state index in [1.165, 1.54) is 0 Å². The maximum atomic E-state index is 11.7. The molecule has 0 radical (unpaired) electrons. The molecule has 1 aliphatic heterocycles. The van der Waals surface area contributed by atoms with Crippen molar-refractivity contribution in [1.29, 1.82) is 0 Å². The molecule has 1 aromatic carbocycles. The van der Waals surface area contributed by atoms with Gasteiger partial charge < -0.3 is 0 Å². The number of carbonyl (C=O) groups excluding carboxylic acids is 1. The van der Waals surface area contributed by atoms with E-state index in [9.17, 15) is 4.79 Å². The lowest BCUT2D eigenvalue weighted by Gasteiger charge is -1.99. The highest BCUT2D eigenvalue weighted by Crippen LogP contribution is 2.13. The fraction of sp³-hybridized carbons (Fsp3) is 0.200. The van der Waals surface area contributed by atoms with Crippen molar-refractivity contribution in [3.05, 3.63) is 34.9 Å². The molecule has 5 heteroatoms. The van der Waals surface area contributed by atoms with Crippen LogP contribution in [0.4, 0.5) is 0 Å². The van der Waals surface area contributed by atoms with E-state index in [1.807, 2.05) is 0 Å². The van der Waals surface area contributed by atoms with Gasteiger partial charge in [-0.2, -0.15) is 5.11 Å². The van der Waals surface area contributed by atoms with E-state index in [0.29, 0.717) is 22.8 Å². The number of hydrogen-bond acceptors (Lipinski definition) is 4. The topological polar surface area (TPSA) is 54.1 Å². The highest BCUT2D eigenvalue weighted by Gasteiger charge is 2.12. The van der Waals surface area contributed by atoms with Gasteiger partial charge in [-0.3, -0.25) is 4.79 Å². The first kappa shape index (κ1) is 9.98. The van der Waals surface area contributed by atoms with E-state index in [2.05, 4.69) is 15.4 Å². The van der Waals surface area contributed by atoms with Crippen LogP contribution in [-0.2, 0) is 0 Å². The van der Waals surface area contributed by atoms with Gasteiger partial charge in [0.15, 0.2) is 5.78 Å². The van der Waals surface area contributed by atoms with E-state index in [0.717, 1.165) is 0 Å². The van der Waals surface area contributed by atoms with Crippen LogP contribution in [0.15, 0.2) is 39.7 Å². The lowest BCUT2D eigenvalue weighted by molar-refractivity contribution is 0.100. The molecule has 1 aromatic rings. The minimum Gasteiger partial charge on any atom is -0.294 e. The van der Waals surface area contributed by atoms with Gasteiger partial charge >= 0.3 is 0 Å². The lowest BCUT2D eigenvalue weighted by Crippen LogP contribution is -2.08. The van der Waals surface area contributed by atoms with Crippen molar-refractivity contribution in [2.24, 2.45) is 15.4 Å². The van der Waals surface area contributed by atoms with Crippen LogP contribution < -0.4 is 0 Å². The Balaban J connectivity index is 2.08. The molecule has 0 aliphatic carbocycles. The van der Waals surface area contributed by atoms with Gasteiger partial charge in [0.1, 0.15) is 6.54 Å². The van der Waals surface area contributed by atoms with E-state index >= 15 is 0 Å². The van der Waals surface area contributed by atoms with Crippen molar-refractivity contribution in [3.63, 3.8) is 0 Å². The molecular formula is C10H8ClN3O. The second kappa shape index (κ2) is 4.31. The van der Waals surface area contributed by atoms with Crippen LogP contribution in [0.25, 0.3) is 0 Å². The summed E-state index contributed by atoms with van der Waals surface area (Å²) in [7, 11) is 0. The highest BCUT2D eigenvalue weighted by molar-refractivity contribution is 6.31. The molecule has 0 saturated carbocycles. The second-order valence-corrected chi connectivity index (χ2v) is 3.60. The fourth-order valence-electron chi connectivity index (χ4n) is 1.28. The summed E-state index contributed by atoms with van der Waals surface area (Å²) in [6.07, 6.45) is 0.257. The van der Waals surface area contributed by atoms with Crippen molar-refractivity contribution < 1.29 is 4.79 Å². The van der Waals surface area contributed by atoms with Crippen LogP contribution in [0.1, 0.15) is 16.8 Å². The molecule has 0 aromatic heterocycles. The summed E-state index contributed by atoms with van der Waals surface area (Å²) < 4.78 is 0. The number of nitrogens with zero attached hydrogens (tertiary/aromatic N) is 3. The molecule has 0 amide bonds. The average Bonchev–Trinajstić information content (AvgIpc) is 2.70.